The molecule has 0 fully saturated rings. The molecular weight excluding hydrogens is 342 g/mol. The van der Waals surface area contributed by atoms with E-state index in [4.69, 9.17) is 4.74 Å². The van der Waals surface area contributed by atoms with Crippen LogP contribution in [0, 0.1) is 10.1 Å². The molecule has 7 nitrogen and oxygen atoms in total. The van der Waals surface area contributed by atoms with Crippen LogP contribution in [0.4, 0.5) is 11.5 Å². The van der Waals surface area contributed by atoms with Crippen molar-refractivity contribution in [2.75, 3.05) is 12.4 Å². The fourth-order valence-electron chi connectivity index (χ4n) is 1.64. The minimum atomic E-state index is -0.604. The van der Waals surface area contributed by atoms with E-state index in [-0.39, 0.29) is 17.0 Å². The maximum absolute atomic E-state index is 12.1. The van der Waals surface area contributed by atoms with Crippen molar-refractivity contribution >= 4 is 33.3 Å². The van der Waals surface area contributed by atoms with Gasteiger partial charge in [0.05, 0.1) is 12.0 Å². The molecule has 21 heavy (non-hydrogen) atoms. The van der Waals surface area contributed by atoms with Crippen molar-refractivity contribution in [3.8, 4) is 5.75 Å². The summed E-state index contributed by atoms with van der Waals surface area (Å²) in [6.45, 7) is 0. The van der Waals surface area contributed by atoms with Crippen molar-refractivity contribution in [2.24, 2.45) is 0 Å². The van der Waals surface area contributed by atoms with Crippen molar-refractivity contribution in [3.05, 3.63) is 56.7 Å². The van der Waals surface area contributed by atoms with E-state index in [1.165, 1.54) is 25.4 Å². The first-order chi connectivity index (χ1) is 10.0. The molecule has 1 heterocycles. The molecule has 0 atom stereocenters. The van der Waals surface area contributed by atoms with Gasteiger partial charge in [0.2, 0.25) is 0 Å². The molecule has 1 aromatic heterocycles. The molecule has 1 N–H and O–H groups in total. The SMILES string of the molecule is COc1ccc(C(=O)Nc2cc(Br)ccn2)cc1[N+](=O)[O-]. The number of benzene rings is 1. The summed E-state index contributed by atoms with van der Waals surface area (Å²) in [7, 11) is 1.33. The van der Waals surface area contributed by atoms with Crippen molar-refractivity contribution in [1.29, 1.82) is 0 Å². The Morgan fingerprint density at radius 2 is 2.14 bits per heavy atom. The van der Waals surface area contributed by atoms with Gasteiger partial charge in [0.25, 0.3) is 5.91 Å². The number of nitro benzene ring substituents is 1. The Labute approximate surface area is 128 Å². The lowest BCUT2D eigenvalue weighted by molar-refractivity contribution is -0.385. The molecule has 0 aliphatic carbocycles. The van der Waals surface area contributed by atoms with Crippen LogP contribution >= 0.6 is 15.9 Å². The van der Waals surface area contributed by atoms with Gasteiger partial charge in [0, 0.05) is 22.3 Å². The van der Waals surface area contributed by atoms with Crippen LogP contribution in [0.2, 0.25) is 0 Å². The Kier molecular flexibility index (Phi) is 4.49. The van der Waals surface area contributed by atoms with Gasteiger partial charge < -0.3 is 10.1 Å². The van der Waals surface area contributed by atoms with Gasteiger partial charge in [-0.25, -0.2) is 4.98 Å². The number of anilines is 1. The number of nitrogens with one attached hydrogen (secondary N) is 1. The van der Waals surface area contributed by atoms with E-state index in [1.807, 2.05) is 0 Å². The van der Waals surface area contributed by atoms with Gasteiger partial charge in [-0.3, -0.25) is 14.9 Å². The monoisotopic (exact) mass is 351 g/mol. The summed E-state index contributed by atoms with van der Waals surface area (Å²) >= 11 is 3.26. The molecule has 2 rings (SSSR count). The molecule has 0 saturated carbocycles. The van der Waals surface area contributed by atoms with Gasteiger partial charge in [0.15, 0.2) is 5.75 Å². The first kappa shape index (κ1) is 14.9. The number of nitro groups is 1. The summed E-state index contributed by atoms with van der Waals surface area (Å²) in [6, 6.07) is 7.32. The van der Waals surface area contributed by atoms with Gasteiger partial charge in [-0.1, -0.05) is 15.9 Å². The number of ether oxygens (including phenoxy) is 1. The average molecular weight is 352 g/mol. The van der Waals surface area contributed by atoms with Crippen LogP contribution in [-0.2, 0) is 0 Å². The maximum atomic E-state index is 12.1. The van der Waals surface area contributed by atoms with E-state index in [1.54, 1.807) is 12.1 Å². The summed E-state index contributed by atoms with van der Waals surface area (Å²) in [6.07, 6.45) is 1.52. The van der Waals surface area contributed by atoms with Crippen molar-refractivity contribution < 1.29 is 14.5 Å². The summed E-state index contributed by atoms with van der Waals surface area (Å²) in [5, 5.41) is 13.5. The third-order valence-corrected chi connectivity index (χ3v) is 3.09. The average Bonchev–Trinajstić information content (AvgIpc) is 2.46. The number of pyridine rings is 1. The minimum absolute atomic E-state index is 0.0946. The normalized spacial score (nSPS) is 10.0. The number of amides is 1. The fraction of sp³-hybridized carbons (Fsp3) is 0.0769. The molecule has 0 saturated heterocycles. The number of aromatic nitrogens is 1. The van der Waals surface area contributed by atoms with E-state index in [9.17, 15) is 14.9 Å². The molecule has 0 aliphatic heterocycles. The number of rotatable bonds is 4. The highest BCUT2D eigenvalue weighted by molar-refractivity contribution is 9.10. The summed E-state index contributed by atoms with van der Waals surface area (Å²) in [5.74, 6) is -0.0590. The smallest absolute Gasteiger partial charge is 0.311 e. The lowest BCUT2D eigenvalue weighted by Crippen LogP contribution is -2.13. The van der Waals surface area contributed by atoms with Gasteiger partial charge in [-0.05, 0) is 24.3 Å². The number of hydrogen-bond donors (Lipinski definition) is 1. The van der Waals surface area contributed by atoms with Gasteiger partial charge >= 0.3 is 5.69 Å². The molecule has 1 amide bonds. The quantitative estimate of drug-likeness (QED) is 0.674. The summed E-state index contributed by atoms with van der Waals surface area (Å²) in [5.41, 5.74) is -0.128. The molecule has 0 unspecified atom stereocenters. The minimum Gasteiger partial charge on any atom is -0.490 e. The summed E-state index contributed by atoms with van der Waals surface area (Å²) in [4.78, 5) is 26.4. The zero-order chi connectivity index (χ0) is 15.4. The second kappa shape index (κ2) is 6.31. The van der Waals surface area contributed by atoms with E-state index in [0.29, 0.717) is 5.82 Å². The van der Waals surface area contributed by atoms with Crippen molar-refractivity contribution in [1.82, 2.24) is 4.98 Å². The second-order valence-electron chi connectivity index (χ2n) is 3.96. The van der Waals surface area contributed by atoms with Crippen LogP contribution in [0.1, 0.15) is 10.4 Å². The van der Waals surface area contributed by atoms with Crippen molar-refractivity contribution in [2.45, 2.75) is 0 Å². The van der Waals surface area contributed by atoms with Crippen LogP contribution in [0.25, 0.3) is 0 Å². The topological polar surface area (TPSA) is 94.4 Å². The standard InChI is InChI=1S/C13H10BrN3O4/c1-21-11-3-2-8(6-10(11)17(19)20)13(18)16-12-7-9(14)4-5-15-12/h2-7H,1H3,(H,15,16,18). The van der Waals surface area contributed by atoms with E-state index in [0.717, 1.165) is 10.5 Å². The molecule has 108 valence electrons. The Balaban J connectivity index is 2.27. The predicted octanol–water partition coefficient (Wildman–Crippen LogP) is 3.01. The highest BCUT2D eigenvalue weighted by Crippen LogP contribution is 2.27. The number of hydrogen-bond acceptors (Lipinski definition) is 5. The molecular formula is C13H10BrN3O4. The molecule has 0 spiro atoms. The number of nitrogens with zero attached hydrogens (tertiary/aromatic N) is 2. The fourth-order valence-corrected chi connectivity index (χ4v) is 1.97. The van der Waals surface area contributed by atoms with Crippen LogP contribution in [0.5, 0.6) is 5.75 Å². The van der Waals surface area contributed by atoms with E-state index >= 15 is 0 Å². The zero-order valence-corrected chi connectivity index (χ0v) is 12.5. The number of halogens is 1. The van der Waals surface area contributed by atoms with Crippen molar-refractivity contribution in [3.63, 3.8) is 0 Å². The van der Waals surface area contributed by atoms with Gasteiger partial charge in [-0.2, -0.15) is 0 Å². The molecule has 0 aliphatic rings. The Bertz CT molecular complexity index is 706. The Morgan fingerprint density at radius 1 is 1.38 bits per heavy atom. The van der Waals surface area contributed by atoms with Gasteiger partial charge in [-0.15, -0.1) is 0 Å². The largest absolute Gasteiger partial charge is 0.490 e. The van der Waals surface area contributed by atoms with Gasteiger partial charge in [0.1, 0.15) is 5.82 Å². The number of methoxy groups -OCH3 is 1. The van der Waals surface area contributed by atoms with Crippen LogP contribution in [-0.4, -0.2) is 22.9 Å². The number of carbonyl (C=O) groups excluding carboxylic acids is 1. The number of carbonyl (C=O) groups is 1. The molecule has 0 radical (unpaired) electrons. The summed E-state index contributed by atoms with van der Waals surface area (Å²) < 4.78 is 5.64. The molecule has 8 heteroatoms. The molecule has 0 bridgehead atoms. The highest BCUT2D eigenvalue weighted by Gasteiger charge is 2.18. The lowest BCUT2D eigenvalue weighted by Gasteiger charge is -2.06. The van der Waals surface area contributed by atoms with Crippen LogP contribution < -0.4 is 10.1 Å². The lowest BCUT2D eigenvalue weighted by atomic mass is 10.1. The Morgan fingerprint density at radius 3 is 2.76 bits per heavy atom. The third kappa shape index (κ3) is 3.54. The Hall–Kier alpha value is -2.48. The first-order valence-corrected chi connectivity index (χ1v) is 6.56. The van der Waals surface area contributed by atoms with E-state index in [2.05, 4.69) is 26.2 Å². The molecule has 1 aromatic carbocycles. The van der Waals surface area contributed by atoms with E-state index < -0.39 is 10.8 Å². The van der Waals surface area contributed by atoms with Crippen LogP contribution in [0.15, 0.2) is 41.0 Å². The first-order valence-electron chi connectivity index (χ1n) is 5.76. The highest BCUT2D eigenvalue weighted by atomic mass is 79.9. The second-order valence-corrected chi connectivity index (χ2v) is 4.87. The maximum Gasteiger partial charge on any atom is 0.311 e. The predicted molar refractivity (Wildman–Crippen MR) is 79.5 cm³/mol. The van der Waals surface area contributed by atoms with Crippen LogP contribution in [0.3, 0.4) is 0 Å². The zero-order valence-electron chi connectivity index (χ0n) is 10.9. The third-order valence-electron chi connectivity index (χ3n) is 2.60. The molecule has 2 aromatic rings.